The molecule has 1 aromatic rings. The van der Waals surface area contributed by atoms with Gasteiger partial charge in [0.15, 0.2) is 0 Å². The first-order valence-corrected chi connectivity index (χ1v) is 5.24. The molecule has 76 valence electrons. The van der Waals surface area contributed by atoms with E-state index in [-0.39, 0.29) is 5.82 Å². The molecule has 1 aromatic carbocycles. The van der Waals surface area contributed by atoms with Gasteiger partial charge in [0.25, 0.3) is 0 Å². The van der Waals surface area contributed by atoms with Gasteiger partial charge in [-0.1, -0.05) is 22.0 Å². The van der Waals surface area contributed by atoms with Crippen LogP contribution in [0.4, 0.5) is 4.39 Å². The van der Waals surface area contributed by atoms with Gasteiger partial charge in [-0.15, -0.1) is 0 Å². The second-order valence-corrected chi connectivity index (χ2v) is 4.67. The van der Waals surface area contributed by atoms with E-state index >= 15 is 0 Å². The normalized spacial score (nSPS) is 31.3. The van der Waals surface area contributed by atoms with E-state index in [1.165, 1.54) is 6.07 Å². The Balaban J connectivity index is 2.41. The molecule has 1 aliphatic carbocycles. The highest BCUT2D eigenvalue weighted by molar-refractivity contribution is 9.10. The van der Waals surface area contributed by atoms with Gasteiger partial charge < -0.3 is 10.8 Å². The minimum Gasteiger partial charge on any atom is -0.393 e. The SMILES string of the molecule is NC1(c2c(F)cccc2Br)CC(O)C1. The predicted molar refractivity (Wildman–Crippen MR) is 55.2 cm³/mol. The van der Waals surface area contributed by atoms with E-state index in [0.717, 1.165) is 0 Å². The lowest BCUT2D eigenvalue weighted by Gasteiger charge is -2.43. The van der Waals surface area contributed by atoms with E-state index < -0.39 is 11.6 Å². The Morgan fingerprint density at radius 1 is 1.50 bits per heavy atom. The molecule has 0 atom stereocenters. The van der Waals surface area contributed by atoms with Crippen LogP contribution in [0.1, 0.15) is 18.4 Å². The van der Waals surface area contributed by atoms with Crippen LogP contribution in [-0.2, 0) is 5.54 Å². The number of hydrogen-bond acceptors (Lipinski definition) is 2. The minimum absolute atomic E-state index is 0.311. The number of hydrogen-bond donors (Lipinski definition) is 2. The highest BCUT2D eigenvalue weighted by Crippen LogP contribution is 2.43. The summed E-state index contributed by atoms with van der Waals surface area (Å²) in [5.41, 5.74) is 5.76. The summed E-state index contributed by atoms with van der Waals surface area (Å²) in [4.78, 5) is 0. The second-order valence-electron chi connectivity index (χ2n) is 3.81. The molecule has 1 saturated carbocycles. The molecule has 0 saturated heterocycles. The number of aliphatic hydroxyl groups excluding tert-OH is 1. The van der Waals surface area contributed by atoms with E-state index in [4.69, 9.17) is 5.73 Å². The lowest BCUT2D eigenvalue weighted by Crippen LogP contribution is -2.52. The van der Waals surface area contributed by atoms with Gasteiger partial charge in [-0.25, -0.2) is 4.39 Å². The molecule has 1 fully saturated rings. The van der Waals surface area contributed by atoms with Crippen LogP contribution in [-0.4, -0.2) is 11.2 Å². The van der Waals surface area contributed by atoms with Gasteiger partial charge in [-0.05, 0) is 25.0 Å². The van der Waals surface area contributed by atoms with Crippen molar-refractivity contribution in [2.75, 3.05) is 0 Å². The van der Waals surface area contributed by atoms with Crippen molar-refractivity contribution in [2.24, 2.45) is 5.73 Å². The molecule has 3 N–H and O–H groups in total. The van der Waals surface area contributed by atoms with Gasteiger partial charge in [0.1, 0.15) is 5.82 Å². The molecule has 14 heavy (non-hydrogen) atoms. The minimum atomic E-state index is -0.705. The van der Waals surface area contributed by atoms with E-state index in [1.54, 1.807) is 12.1 Å². The summed E-state index contributed by atoms with van der Waals surface area (Å²) in [6.45, 7) is 0. The molecule has 0 unspecified atom stereocenters. The van der Waals surface area contributed by atoms with Crippen LogP contribution < -0.4 is 5.73 Å². The Morgan fingerprint density at radius 2 is 2.14 bits per heavy atom. The summed E-state index contributed by atoms with van der Waals surface area (Å²) in [6, 6.07) is 4.78. The number of rotatable bonds is 1. The van der Waals surface area contributed by atoms with Crippen molar-refractivity contribution < 1.29 is 9.50 Å². The first kappa shape index (κ1) is 10.1. The van der Waals surface area contributed by atoms with Gasteiger partial charge in [-0.2, -0.15) is 0 Å². The Morgan fingerprint density at radius 3 is 2.64 bits per heavy atom. The van der Waals surface area contributed by atoms with E-state index in [2.05, 4.69) is 15.9 Å². The molecule has 0 radical (unpaired) electrons. The highest BCUT2D eigenvalue weighted by Gasteiger charge is 2.44. The summed E-state index contributed by atoms with van der Waals surface area (Å²) in [5, 5.41) is 9.21. The zero-order chi connectivity index (χ0) is 10.3. The van der Waals surface area contributed by atoms with Crippen molar-refractivity contribution in [3.8, 4) is 0 Å². The maximum Gasteiger partial charge on any atom is 0.129 e. The van der Waals surface area contributed by atoms with Crippen LogP contribution in [0, 0.1) is 5.82 Å². The molecule has 2 rings (SSSR count). The Hall–Kier alpha value is -0.450. The van der Waals surface area contributed by atoms with E-state index in [1.807, 2.05) is 0 Å². The summed E-state index contributed by atoms with van der Waals surface area (Å²) in [6.07, 6.45) is 0.450. The maximum absolute atomic E-state index is 13.5. The Kier molecular flexibility index (Phi) is 2.37. The van der Waals surface area contributed by atoms with E-state index in [0.29, 0.717) is 22.9 Å². The molecular weight excluding hydrogens is 249 g/mol. The monoisotopic (exact) mass is 259 g/mol. The average molecular weight is 260 g/mol. The third-order valence-electron chi connectivity index (χ3n) is 2.66. The molecule has 2 nitrogen and oxygen atoms in total. The second kappa shape index (κ2) is 3.29. The van der Waals surface area contributed by atoms with Crippen LogP contribution in [0.5, 0.6) is 0 Å². The quantitative estimate of drug-likeness (QED) is 0.810. The van der Waals surface area contributed by atoms with Crippen LogP contribution in [0.3, 0.4) is 0 Å². The zero-order valence-corrected chi connectivity index (χ0v) is 9.09. The standard InChI is InChI=1S/C10H11BrFNO/c11-7-2-1-3-8(12)9(7)10(13)4-6(14)5-10/h1-3,6,14H,4-5,13H2. The fourth-order valence-corrected chi connectivity index (χ4v) is 2.70. The molecule has 1 aliphatic rings. The Bertz CT molecular complexity index is 343. The molecule has 0 bridgehead atoms. The number of benzene rings is 1. The van der Waals surface area contributed by atoms with Gasteiger partial charge in [-0.3, -0.25) is 0 Å². The van der Waals surface area contributed by atoms with Crippen LogP contribution in [0.25, 0.3) is 0 Å². The fourth-order valence-electron chi connectivity index (χ4n) is 1.96. The fraction of sp³-hybridized carbons (Fsp3) is 0.400. The molecule has 0 spiro atoms. The van der Waals surface area contributed by atoms with Crippen molar-refractivity contribution in [3.05, 3.63) is 34.1 Å². The van der Waals surface area contributed by atoms with Gasteiger partial charge in [0.05, 0.1) is 6.10 Å². The summed E-state index contributed by atoms with van der Waals surface area (Å²) < 4.78 is 14.2. The van der Waals surface area contributed by atoms with Crippen molar-refractivity contribution in [2.45, 2.75) is 24.5 Å². The molecule has 0 aliphatic heterocycles. The largest absolute Gasteiger partial charge is 0.393 e. The van der Waals surface area contributed by atoms with Crippen LogP contribution in [0.2, 0.25) is 0 Å². The van der Waals surface area contributed by atoms with E-state index in [9.17, 15) is 9.50 Å². The van der Waals surface area contributed by atoms with Crippen molar-refractivity contribution >= 4 is 15.9 Å². The predicted octanol–water partition coefficient (Wildman–Crippen LogP) is 1.90. The molecular formula is C10H11BrFNO. The van der Waals surface area contributed by atoms with Gasteiger partial charge in [0, 0.05) is 15.6 Å². The first-order chi connectivity index (χ1) is 6.53. The number of nitrogens with two attached hydrogens (primary N) is 1. The van der Waals surface area contributed by atoms with Crippen molar-refractivity contribution in [1.82, 2.24) is 0 Å². The molecule has 0 aromatic heterocycles. The average Bonchev–Trinajstić information content (AvgIpc) is 2.00. The smallest absolute Gasteiger partial charge is 0.129 e. The number of aliphatic hydroxyl groups is 1. The summed E-state index contributed by atoms with van der Waals surface area (Å²) in [5.74, 6) is -0.311. The first-order valence-electron chi connectivity index (χ1n) is 4.44. The molecule has 0 amide bonds. The van der Waals surface area contributed by atoms with Gasteiger partial charge in [0.2, 0.25) is 0 Å². The third kappa shape index (κ3) is 1.47. The van der Waals surface area contributed by atoms with Crippen LogP contribution >= 0.6 is 15.9 Å². The topological polar surface area (TPSA) is 46.2 Å². The lowest BCUT2D eigenvalue weighted by atomic mass is 9.70. The molecule has 0 heterocycles. The zero-order valence-electron chi connectivity index (χ0n) is 7.50. The summed E-state index contributed by atoms with van der Waals surface area (Å²) in [7, 11) is 0. The Labute approximate surface area is 90.1 Å². The van der Waals surface area contributed by atoms with Crippen LogP contribution in [0.15, 0.2) is 22.7 Å². The maximum atomic E-state index is 13.5. The van der Waals surface area contributed by atoms with Crippen molar-refractivity contribution in [3.63, 3.8) is 0 Å². The molecule has 4 heteroatoms. The van der Waals surface area contributed by atoms with Gasteiger partial charge >= 0.3 is 0 Å². The number of halogens is 2. The lowest BCUT2D eigenvalue weighted by molar-refractivity contribution is 0.0189. The van der Waals surface area contributed by atoms with Crippen molar-refractivity contribution in [1.29, 1.82) is 0 Å². The summed E-state index contributed by atoms with van der Waals surface area (Å²) >= 11 is 3.28. The third-order valence-corrected chi connectivity index (χ3v) is 3.32. The highest BCUT2D eigenvalue weighted by atomic mass is 79.9.